The molecule has 0 saturated carbocycles. The van der Waals surface area contributed by atoms with Gasteiger partial charge < -0.3 is 23.7 Å². The molecule has 2 atom stereocenters. The molecule has 0 bridgehead atoms. The molecule has 2 aromatic rings. The molecule has 5 heteroatoms. The molecule has 27 heavy (non-hydrogen) atoms. The summed E-state index contributed by atoms with van der Waals surface area (Å²) in [5, 5.41) is 0. The van der Waals surface area contributed by atoms with Crippen molar-refractivity contribution in [1.29, 1.82) is 0 Å². The maximum absolute atomic E-state index is 6.17. The van der Waals surface area contributed by atoms with Crippen LogP contribution in [-0.2, 0) is 17.6 Å². The Hall–Kier alpha value is -2.40. The van der Waals surface area contributed by atoms with Crippen LogP contribution in [0.3, 0.4) is 0 Å². The van der Waals surface area contributed by atoms with Crippen molar-refractivity contribution < 1.29 is 23.7 Å². The molecule has 148 valence electrons. The van der Waals surface area contributed by atoms with Gasteiger partial charge in [-0.3, -0.25) is 0 Å². The lowest BCUT2D eigenvalue weighted by molar-refractivity contribution is 0.00940. The van der Waals surface area contributed by atoms with Crippen molar-refractivity contribution in [3.63, 3.8) is 0 Å². The van der Waals surface area contributed by atoms with Crippen LogP contribution < -0.4 is 18.9 Å². The molecular formula is C22H30O5. The number of rotatable bonds is 10. The molecule has 0 amide bonds. The topological polar surface area (TPSA) is 46.2 Å². The van der Waals surface area contributed by atoms with Gasteiger partial charge in [-0.15, -0.1) is 0 Å². The van der Waals surface area contributed by atoms with Crippen LogP contribution >= 0.6 is 0 Å². The van der Waals surface area contributed by atoms with Gasteiger partial charge in [0.15, 0.2) is 23.0 Å². The lowest BCUT2D eigenvalue weighted by Crippen LogP contribution is -2.21. The van der Waals surface area contributed by atoms with Gasteiger partial charge in [0.25, 0.3) is 0 Å². The van der Waals surface area contributed by atoms with E-state index in [1.807, 2.05) is 36.4 Å². The van der Waals surface area contributed by atoms with Crippen LogP contribution in [0.15, 0.2) is 36.4 Å². The second kappa shape index (κ2) is 10.1. The Kier molecular flexibility index (Phi) is 7.80. The molecule has 0 aromatic heterocycles. The van der Waals surface area contributed by atoms with Gasteiger partial charge in [-0.2, -0.15) is 0 Å². The fourth-order valence-electron chi connectivity index (χ4n) is 3.17. The van der Waals surface area contributed by atoms with Gasteiger partial charge in [-0.1, -0.05) is 12.1 Å². The monoisotopic (exact) mass is 374 g/mol. The van der Waals surface area contributed by atoms with E-state index in [0.717, 1.165) is 47.0 Å². The van der Waals surface area contributed by atoms with Crippen LogP contribution in [0, 0.1) is 0 Å². The largest absolute Gasteiger partial charge is 0.493 e. The molecule has 0 N–H and O–H groups in total. The molecule has 2 aromatic carbocycles. The zero-order valence-electron chi connectivity index (χ0n) is 17.1. The summed E-state index contributed by atoms with van der Waals surface area (Å²) in [6, 6.07) is 11.9. The number of benzene rings is 2. The maximum Gasteiger partial charge on any atom is 0.160 e. The van der Waals surface area contributed by atoms with Crippen molar-refractivity contribution in [3.8, 4) is 23.0 Å². The number of methoxy groups -OCH3 is 4. The Morgan fingerprint density at radius 1 is 0.593 bits per heavy atom. The van der Waals surface area contributed by atoms with Gasteiger partial charge in [-0.25, -0.2) is 0 Å². The number of hydrogen-bond acceptors (Lipinski definition) is 5. The first-order chi connectivity index (χ1) is 13.0. The maximum atomic E-state index is 6.17. The summed E-state index contributed by atoms with van der Waals surface area (Å²) in [6.07, 6.45) is 1.77. The highest BCUT2D eigenvalue weighted by molar-refractivity contribution is 5.43. The first-order valence-electron chi connectivity index (χ1n) is 9.08. The van der Waals surface area contributed by atoms with E-state index < -0.39 is 0 Å². The lowest BCUT2D eigenvalue weighted by Gasteiger charge is -2.20. The number of hydrogen-bond donors (Lipinski definition) is 0. The van der Waals surface area contributed by atoms with Gasteiger partial charge in [0.2, 0.25) is 0 Å². The van der Waals surface area contributed by atoms with E-state index in [-0.39, 0.29) is 12.2 Å². The Balaban J connectivity index is 1.94. The fourth-order valence-corrected chi connectivity index (χ4v) is 3.17. The normalized spacial score (nSPS) is 13.0. The Bertz CT molecular complexity index is 667. The second-order valence-electron chi connectivity index (χ2n) is 6.54. The highest BCUT2D eigenvalue weighted by Gasteiger charge is 2.13. The zero-order chi connectivity index (χ0) is 19.8. The molecule has 0 aliphatic rings. The Labute approximate surface area is 162 Å². The van der Waals surface area contributed by atoms with Gasteiger partial charge in [-0.05, 0) is 62.1 Å². The number of ether oxygens (including phenoxy) is 5. The van der Waals surface area contributed by atoms with E-state index >= 15 is 0 Å². The van der Waals surface area contributed by atoms with E-state index in [0.29, 0.717) is 0 Å². The van der Waals surface area contributed by atoms with Crippen LogP contribution in [-0.4, -0.2) is 40.6 Å². The minimum Gasteiger partial charge on any atom is -0.493 e. The lowest BCUT2D eigenvalue weighted by atomic mass is 10.1. The van der Waals surface area contributed by atoms with Gasteiger partial charge in [0.1, 0.15) is 0 Å². The van der Waals surface area contributed by atoms with Gasteiger partial charge in [0, 0.05) is 0 Å². The average molecular weight is 374 g/mol. The molecule has 5 nitrogen and oxygen atoms in total. The summed E-state index contributed by atoms with van der Waals surface area (Å²) in [6.45, 7) is 4.17. The Morgan fingerprint density at radius 3 is 1.30 bits per heavy atom. The fraction of sp³-hybridized carbons (Fsp3) is 0.455. The molecule has 0 aliphatic carbocycles. The van der Waals surface area contributed by atoms with E-state index in [1.54, 1.807) is 28.4 Å². The molecule has 0 radical (unpaired) electrons. The van der Waals surface area contributed by atoms with Crippen molar-refractivity contribution in [1.82, 2.24) is 0 Å². The summed E-state index contributed by atoms with van der Waals surface area (Å²) < 4.78 is 27.5. The van der Waals surface area contributed by atoms with E-state index in [9.17, 15) is 0 Å². The van der Waals surface area contributed by atoms with Crippen molar-refractivity contribution >= 4 is 0 Å². The van der Waals surface area contributed by atoms with Crippen molar-refractivity contribution in [3.05, 3.63) is 47.5 Å². The second-order valence-corrected chi connectivity index (χ2v) is 6.54. The van der Waals surface area contributed by atoms with Crippen molar-refractivity contribution in [2.75, 3.05) is 28.4 Å². The third kappa shape index (κ3) is 5.79. The zero-order valence-corrected chi connectivity index (χ0v) is 17.1. The standard InChI is InChI=1S/C22H30O5/c1-15(11-17-7-9-19(23-3)21(13-17)25-5)27-16(2)12-18-8-10-20(24-4)22(14-18)26-6/h7-10,13-16H,11-12H2,1-6H3. The average Bonchev–Trinajstić information content (AvgIpc) is 2.67. The predicted octanol–water partition coefficient (Wildman–Crippen LogP) is 4.30. The highest BCUT2D eigenvalue weighted by Crippen LogP contribution is 2.29. The van der Waals surface area contributed by atoms with Crippen LogP contribution in [0.2, 0.25) is 0 Å². The third-order valence-corrected chi connectivity index (χ3v) is 4.41. The first-order valence-corrected chi connectivity index (χ1v) is 9.08. The quantitative estimate of drug-likeness (QED) is 0.620. The van der Waals surface area contributed by atoms with Crippen LogP contribution in [0.4, 0.5) is 0 Å². The molecule has 2 unspecified atom stereocenters. The third-order valence-electron chi connectivity index (χ3n) is 4.41. The summed E-state index contributed by atoms with van der Waals surface area (Å²) in [4.78, 5) is 0. The smallest absolute Gasteiger partial charge is 0.160 e. The van der Waals surface area contributed by atoms with Crippen molar-refractivity contribution in [2.24, 2.45) is 0 Å². The predicted molar refractivity (Wildman–Crippen MR) is 107 cm³/mol. The summed E-state index contributed by atoms with van der Waals surface area (Å²) in [5.41, 5.74) is 2.30. The van der Waals surface area contributed by atoms with Crippen LogP contribution in [0.25, 0.3) is 0 Å². The SMILES string of the molecule is COc1ccc(CC(C)OC(C)Cc2ccc(OC)c(OC)c2)cc1OC. The molecule has 0 saturated heterocycles. The minimum atomic E-state index is 0.0817. The van der Waals surface area contributed by atoms with E-state index in [1.165, 1.54) is 0 Å². The van der Waals surface area contributed by atoms with E-state index in [2.05, 4.69) is 13.8 Å². The summed E-state index contributed by atoms with van der Waals surface area (Å²) in [7, 11) is 6.57. The molecular weight excluding hydrogens is 344 g/mol. The van der Waals surface area contributed by atoms with Crippen LogP contribution in [0.5, 0.6) is 23.0 Å². The van der Waals surface area contributed by atoms with Gasteiger partial charge >= 0.3 is 0 Å². The molecule has 0 spiro atoms. The van der Waals surface area contributed by atoms with Crippen molar-refractivity contribution in [2.45, 2.75) is 38.9 Å². The molecule has 0 fully saturated rings. The summed E-state index contributed by atoms with van der Waals surface area (Å²) >= 11 is 0. The molecule has 2 rings (SSSR count). The first kappa shape index (κ1) is 20.9. The molecule has 0 heterocycles. The van der Waals surface area contributed by atoms with Gasteiger partial charge in [0.05, 0.1) is 40.6 Å². The highest BCUT2D eigenvalue weighted by atomic mass is 16.5. The van der Waals surface area contributed by atoms with Crippen LogP contribution in [0.1, 0.15) is 25.0 Å². The summed E-state index contributed by atoms with van der Waals surface area (Å²) in [5.74, 6) is 2.94. The molecule has 0 aliphatic heterocycles. The Morgan fingerprint density at radius 2 is 0.963 bits per heavy atom. The minimum absolute atomic E-state index is 0.0817. The van der Waals surface area contributed by atoms with E-state index in [4.69, 9.17) is 23.7 Å².